The number of anilines is 2. The quantitative estimate of drug-likeness (QED) is 0.481. The van der Waals surface area contributed by atoms with Crippen molar-refractivity contribution in [1.29, 1.82) is 0 Å². The van der Waals surface area contributed by atoms with E-state index in [0.717, 1.165) is 72.7 Å². The van der Waals surface area contributed by atoms with Crippen molar-refractivity contribution in [2.24, 2.45) is 0 Å². The summed E-state index contributed by atoms with van der Waals surface area (Å²) < 4.78 is 12.0. The Hall–Kier alpha value is -3.34. The van der Waals surface area contributed by atoms with E-state index in [-0.39, 0.29) is 12.0 Å². The van der Waals surface area contributed by atoms with Crippen LogP contribution in [-0.2, 0) is 9.53 Å². The molecule has 0 atom stereocenters. The molecule has 1 amide bonds. The van der Waals surface area contributed by atoms with Gasteiger partial charge in [0.05, 0.1) is 37.2 Å². The lowest BCUT2D eigenvalue weighted by atomic mass is 10.1. The molecule has 0 aliphatic carbocycles. The molecule has 10 nitrogen and oxygen atoms in total. The van der Waals surface area contributed by atoms with Crippen LogP contribution in [0.4, 0.5) is 11.5 Å². The summed E-state index contributed by atoms with van der Waals surface area (Å²) in [4.78, 5) is 29.5. The number of hydrazine groups is 1. The summed E-state index contributed by atoms with van der Waals surface area (Å²) in [6.07, 6.45) is 6.89. The fourth-order valence-corrected chi connectivity index (χ4v) is 4.91. The smallest absolute Gasteiger partial charge is 0.236 e. The number of ether oxygens (including phenoxy) is 2. The molecule has 0 radical (unpaired) electrons. The number of hydrogen-bond acceptors (Lipinski definition) is 9. The van der Waals surface area contributed by atoms with Gasteiger partial charge in [-0.2, -0.15) is 0 Å². The van der Waals surface area contributed by atoms with Crippen molar-refractivity contribution in [2.45, 2.75) is 25.9 Å². The average molecular weight is 506 g/mol. The van der Waals surface area contributed by atoms with Crippen molar-refractivity contribution in [3.8, 4) is 5.75 Å². The Morgan fingerprint density at radius 1 is 1.11 bits per heavy atom. The number of carbonyl (C=O) groups excluding carboxylic acids is 1. The Labute approximate surface area is 217 Å². The first-order chi connectivity index (χ1) is 18.0. The van der Waals surface area contributed by atoms with Crippen molar-refractivity contribution in [2.75, 3.05) is 65.0 Å². The van der Waals surface area contributed by atoms with Gasteiger partial charge in [-0.15, -0.1) is 0 Å². The lowest BCUT2D eigenvalue weighted by Crippen LogP contribution is -2.47. The maximum absolute atomic E-state index is 12.4. The molecule has 2 aromatic heterocycles. The van der Waals surface area contributed by atoms with Gasteiger partial charge in [0, 0.05) is 50.6 Å². The first kappa shape index (κ1) is 25.3. The number of aryl methyl sites for hydroxylation is 1. The molecule has 0 saturated carbocycles. The molecular weight excluding hydrogens is 470 g/mol. The summed E-state index contributed by atoms with van der Waals surface area (Å²) in [6.45, 7) is 6.84. The largest absolute Gasteiger partial charge is 0.490 e. The van der Waals surface area contributed by atoms with Crippen molar-refractivity contribution in [3.63, 3.8) is 0 Å². The van der Waals surface area contributed by atoms with E-state index in [1.165, 1.54) is 0 Å². The Bertz CT molecular complexity index is 1220. The van der Waals surface area contributed by atoms with Gasteiger partial charge in [0.25, 0.3) is 0 Å². The maximum Gasteiger partial charge on any atom is 0.236 e. The number of morpholine rings is 1. The Kier molecular flexibility index (Phi) is 7.78. The van der Waals surface area contributed by atoms with Crippen LogP contribution in [0.1, 0.15) is 18.4 Å². The second-order valence-corrected chi connectivity index (χ2v) is 9.85. The number of likely N-dealkylation sites (N-methyl/N-ethyl adjacent to an activating group) is 1. The summed E-state index contributed by atoms with van der Waals surface area (Å²) in [5.74, 6) is 1.87. The van der Waals surface area contributed by atoms with Crippen LogP contribution in [0.5, 0.6) is 5.75 Å². The van der Waals surface area contributed by atoms with Crippen molar-refractivity contribution >= 4 is 28.3 Å². The van der Waals surface area contributed by atoms with Gasteiger partial charge in [-0.1, -0.05) is 0 Å². The zero-order valence-electron chi connectivity index (χ0n) is 21.8. The van der Waals surface area contributed by atoms with Crippen LogP contribution in [-0.4, -0.2) is 102 Å². The number of fused-ring (bicyclic) bond motifs is 1. The van der Waals surface area contributed by atoms with Gasteiger partial charge in [0.1, 0.15) is 18.2 Å². The number of nitrogens with zero attached hydrogens (tertiary/aromatic N) is 7. The Morgan fingerprint density at radius 3 is 2.62 bits per heavy atom. The summed E-state index contributed by atoms with van der Waals surface area (Å²) in [7, 11) is 3.84. The van der Waals surface area contributed by atoms with Gasteiger partial charge in [0.2, 0.25) is 5.91 Å². The third-order valence-electron chi connectivity index (χ3n) is 6.83. The van der Waals surface area contributed by atoms with Gasteiger partial charge >= 0.3 is 0 Å². The van der Waals surface area contributed by atoms with Crippen LogP contribution in [0.25, 0.3) is 10.9 Å². The Morgan fingerprint density at radius 2 is 1.89 bits per heavy atom. The molecule has 10 heteroatoms. The van der Waals surface area contributed by atoms with Crippen molar-refractivity contribution in [1.82, 2.24) is 29.8 Å². The first-order valence-electron chi connectivity index (χ1n) is 12.9. The van der Waals surface area contributed by atoms with Crippen molar-refractivity contribution in [3.05, 3.63) is 48.5 Å². The number of hydrogen-bond donors (Lipinski definition) is 0. The number of amides is 1. The molecule has 0 spiro atoms. The molecule has 2 aliphatic rings. The third-order valence-corrected chi connectivity index (χ3v) is 6.83. The van der Waals surface area contributed by atoms with E-state index in [1.807, 2.05) is 36.0 Å². The fraction of sp³-hybridized carbons (Fsp3) is 0.481. The van der Waals surface area contributed by atoms with E-state index in [0.29, 0.717) is 19.8 Å². The predicted octanol–water partition coefficient (Wildman–Crippen LogP) is 2.65. The number of pyridine rings is 1. The lowest BCUT2D eigenvalue weighted by molar-refractivity contribution is -0.133. The molecule has 2 fully saturated rings. The highest BCUT2D eigenvalue weighted by atomic mass is 16.5. The molecule has 2 saturated heterocycles. The third kappa shape index (κ3) is 5.82. The van der Waals surface area contributed by atoms with Gasteiger partial charge in [-0.05, 0) is 50.8 Å². The molecule has 196 valence electrons. The van der Waals surface area contributed by atoms with Gasteiger partial charge in [-0.25, -0.2) is 15.0 Å². The average Bonchev–Trinajstić information content (AvgIpc) is 2.91. The van der Waals surface area contributed by atoms with Gasteiger partial charge < -0.3 is 19.3 Å². The number of likely N-dealkylation sites (tertiary alicyclic amines) is 1. The van der Waals surface area contributed by atoms with E-state index >= 15 is 0 Å². The molecule has 1 aromatic carbocycles. The summed E-state index contributed by atoms with van der Waals surface area (Å²) >= 11 is 0. The molecule has 3 aromatic rings. The lowest BCUT2D eigenvalue weighted by Gasteiger charge is -2.38. The number of aromatic nitrogens is 3. The summed E-state index contributed by atoms with van der Waals surface area (Å²) in [6, 6.07) is 8.24. The van der Waals surface area contributed by atoms with Gasteiger partial charge in [-0.3, -0.25) is 14.8 Å². The topological polar surface area (TPSA) is 87.2 Å². The molecular formula is C27H35N7O3. The number of carbonyl (C=O) groups is 1. The van der Waals surface area contributed by atoms with E-state index < -0.39 is 0 Å². The number of benzene rings is 1. The second-order valence-electron chi connectivity index (χ2n) is 9.85. The Balaban J connectivity index is 1.35. The second kappa shape index (κ2) is 11.4. The highest BCUT2D eigenvalue weighted by molar-refractivity contribution is 5.90. The first-order valence-corrected chi connectivity index (χ1v) is 12.9. The normalized spacial score (nSPS) is 17.4. The molecule has 37 heavy (non-hydrogen) atoms. The fourth-order valence-electron chi connectivity index (χ4n) is 4.91. The van der Waals surface area contributed by atoms with Crippen LogP contribution in [0.2, 0.25) is 0 Å². The van der Waals surface area contributed by atoms with Gasteiger partial charge in [0.15, 0.2) is 5.82 Å². The molecule has 0 N–H and O–H groups in total. The standard InChI is InChI=1S/C27H35N7O3/c1-20-16-21(4-5-25(20)37-22-7-10-32(11-8-22)26(35)18-31(2)3)34(33-12-14-36-15-13-33)27-23-6-9-28-17-24(23)29-19-30-27/h4-6,9,16-17,19,22H,7-8,10-15,18H2,1-3H3. The van der Waals surface area contributed by atoms with E-state index in [9.17, 15) is 4.79 Å². The zero-order valence-corrected chi connectivity index (χ0v) is 21.8. The monoisotopic (exact) mass is 505 g/mol. The van der Waals surface area contributed by atoms with Crippen LogP contribution < -0.4 is 9.75 Å². The highest BCUT2D eigenvalue weighted by Crippen LogP contribution is 2.34. The predicted molar refractivity (Wildman–Crippen MR) is 142 cm³/mol. The number of piperidine rings is 1. The van der Waals surface area contributed by atoms with Crippen LogP contribution in [0, 0.1) is 6.92 Å². The zero-order chi connectivity index (χ0) is 25.8. The van der Waals surface area contributed by atoms with Crippen LogP contribution in [0.3, 0.4) is 0 Å². The van der Waals surface area contributed by atoms with E-state index in [1.54, 1.807) is 18.7 Å². The maximum atomic E-state index is 12.4. The minimum Gasteiger partial charge on any atom is -0.490 e. The molecule has 0 unspecified atom stereocenters. The molecule has 4 heterocycles. The summed E-state index contributed by atoms with van der Waals surface area (Å²) in [5, 5.41) is 5.37. The molecule has 0 bridgehead atoms. The van der Waals surface area contributed by atoms with E-state index in [2.05, 4.69) is 44.0 Å². The highest BCUT2D eigenvalue weighted by Gasteiger charge is 2.26. The van der Waals surface area contributed by atoms with Crippen molar-refractivity contribution < 1.29 is 14.3 Å². The molecule has 5 rings (SSSR count). The SMILES string of the molecule is Cc1cc(N(c2ncnc3cnccc23)N2CCOCC2)ccc1OC1CCN(C(=O)CN(C)C)CC1. The minimum absolute atomic E-state index is 0.0987. The van der Waals surface area contributed by atoms with E-state index in [4.69, 9.17) is 9.47 Å². The summed E-state index contributed by atoms with van der Waals surface area (Å²) in [5.41, 5.74) is 2.87. The minimum atomic E-state index is 0.0987. The molecule has 2 aliphatic heterocycles. The van der Waals surface area contributed by atoms with Crippen LogP contribution in [0.15, 0.2) is 43.0 Å². The van der Waals surface area contributed by atoms with Crippen LogP contribution >= 0.6 is 0 Å². The number of rotatable bonds is 7.